The van der Waals surface area contributed by atoms with E-state index in [2.05, 4.69) is 18.6 Å². The number of nitrogens with zero attached hydrogens (tertiary/aromatic N) is 1. The summed E-state index contributed by atoms with van der Waals surface area (Å²) in [6.45, 7) is 4.26. The highest BCUT2D eigenvalue weighted by Gasteiger charge is 2.10. The zero-order chi connectivity index (χ0) is 13.5. The van der Waals surface area contributed by atoms with Crippen LogP contribution in [-0.2, 0) is 16.0 Å². The lowest BCUT2D eigenvalue weighted by Crippen LogP contribution is -2.03. The fourth-order valence-corrected chi connectivity index (χ4v) is 1.70. The molecule has 0 aromatic heterocycles. The zero-order valence-electron chi connectivity index (χ0n) is 10.9. The van der Waals surface area contributed by atoms with Gasteiger partial charge in [0.05, 0.1) is 7.11 Å². The highest BCUT2D eigenvalue weighted by molar-refractivity contribution is 5.97. The van der Waals surface area contributed by atoms with Gasteiger partial charge in [0.2, 0.25) is 0 Å². The smallest absolute Gasteiger partial charge is 0.348 e. The molecule has 94 valence electrons. The number of hydrogen-bond donors (Lipinski definition) is 0. The Balaban J connectivity index is 3.13. The van der Waals surface area contributed by atoms with Crippen LogP contribution in [-0.4, -0.2) is 13.1 Å². The van der Waals surface area contributed by atoms with E-state index in [1.807, 2.05) is 30.3 Å². The first kappa shape index (κ1) is 14.0. The Bertz CT molecular complexity index is 495. The maximum Gasteiger partial charge on any atom is 0.348 e. The summed E-state index contributed by atoms with van der Waals surface area (Å²) in [5.74, 6) is -0.0833. The van der Waals surface area contributed by atoms with E-state index in [0.29, 0.717) is 5.92 Å². The van der Waals surface area contributed by atoms with E-state index >= 15 is 0 Å². The third-order valence-electron chi connectivity index (χ3n) is 2.51. The van der Waals surface area contributed by atoms with Gasteiger partial charge < -0.3 is 4.74 Å². The van der Waals surface area contributed by atoms with E-state index in [1.165, 1.54) is 7.11 Å². The molecule has 18 heavy (non-hydrogen) atoms. The lowest BCUT2D eigenvalue weighted by atomic mass is 9.97. The monoisotopic (exact) mass is 243 g/mol. The molecule has 3 nitrogen and oxygen atoms in total. The molecule has 0 aliphatic heterocycles. The molecule has 1 aromatic carbocycles. The van der Waals surface area contributed by atoms with Crippen LogP contribution >= 0.6 is 0 Å². The number of carbonyl (C=O) groups is 1. The Labute approximate surface area is 108 Å². The Morgan fingerprint density at radius 3 is 2.67 bits per heavy atom. The average molecular weight is 243 g/mol. The number of carbonyl (C=O) groups excluding carboxylic acids is 1. The minimum atomic E-state index is -0.600. The Morgan fingerprint density at radius 1 is 1.44 bits per heavy atom. The van der Waals surface area contributed by atoms with Crippen LogP contribution in [0, 0.1) is 17.2 Å². The van der Waals surface area contributed by atoms with Crippen molar-refractivity contribution in [3.63, 3.8) is 0 Å². The van der Waals surface area contributed by atoms with Crippen molar-refractivity contribution in [3.8, 4) is 6.07 Å². The van der Waals surface area contributed by atoms with Crippen molar-refractivity contribution in [2.24, 2.45) is 5.92 Å². The van der Waals surface area contributed by atoms with Gasteiger partial charge >= 0.3 is 5.97 Å². The number of rotatable bonds is 4. The van der Waals surface area contributed by atoms with Gasteiger partial charge in [0.1, 0.15) is 11.6 Å². The lowest BCUT2D eigenvalue weighted by molar-refractivity contribution is -0.135. The summed E-state index contributed by atoms with van der Waals surface area (Å²) in [7, 11) is 1.27. The third kappa shape index (κ3) is 3.74. The minimum absolute atomic E-state index is 0.0220. The van der Waals surface area contributed by atoms with Gasteiger partial charge in [0.15, 0.2) is 0 Å². The Hall–Kier alpha value is -2.08. The van der Waals surface area contributed by atoms with Crippen molar-refractivity contribution in [3.05, 3.63) is 41.0 Å². The van der Waals surface area contributed by atoms with Gasteiger partial charge in [0, 0.05) is 0 Å². The van der Waals surface area contributed by atoms with Gasteiger partial charge in [0.25, 0.3) is 0 Å². The van der Waals surface area contributed by atoms with Gasteiger partial charge in [-0.25, -0.2) is 4.79 Å². The van der Waals surface area contributed by atoms with Crippen LogP contribution in [0.5, 0.6) is 0 Å². The van der Waals surface area contributed by atoms with Crippen molar-refractivity contribution in [2.45, 2.75) is 20.3 Å². The number of hydrogen-bond acceptors (Lipinski definition) is 3. The molecule has 0 N–H and O–H groups in total. The second-order valence-corrected chi connectivity index (χ2v) is 4.46. The molecular weight excluding hydrogens is 226 g/mol. The van der Waals surface area contributed by atoms with Crippen LogP contribution < -0.4 is 0 Å². The maximum atomic E-state index is 11.4. The van der Waals surface area contributed by atoms with Crippen molar-refractivity contribution in [1.82, 2.24) is 0 Å². The number of ether oxygens (including phenoxy) is 1. The molecule has 0 unspecified atom stereocenters. The second-order valence-electron chi connectivity index (χ2n) is 4.46. The van der Waals surface area contributed by atoms with Gasteiger partial charge in [-0.15, -0.1) is 0 Å². The van der Waals surface area contributed by atoms with Crippen LogP contribution in [0.2, 0.25) is 0 Å². The van der Waals surface area contributed by atoms with Crippen LogP contribution in [0.15, 0.2) is 29.8 Å². The summed E-state index contributed by atoms with van der Waals surface area (Å²) in [6.07, 6.45) is 2.50. The first-order chi connectivity index (χ1) is 8.58. The molecule has 1 aromatic rings. The van der Waals surface area contributed by atoms with Crippen LogP contribution in [0.4, 0.5) is 0 Å². The molecular formula is C15H17NO2. The molecule has 1 rings (SSSR count). The predicted octanol–water partition coefficient (Wildman–Crippen LogP) is 2.97. The van der Waals surface area contributed by atoms with E-state index in [-0.39, 0.29) is 5.57 Å². The van der Waals surface area contributed by atoms with E-state index in [4.69, 9.17) is 5.26 Å². The molecule has 0 amide bonds. The van der Waals surface area contributed by atoms with Crippen LogP contribution in [0.25, 0.3) is 6.08 Å². The van der Waals surface area contributed by atoms with Crippen molar-refractivity contribution in [1.29, 1.82) is 5.26 Å². The first-order valence-electron chi connectivity index (χ1n) is 5.86. The summed E-state index contributed by atoms with van der Waals surface area (Å²) in [6, 6.07) is 9.63. The Morgan fingerprint density at radius 2 is 2.11 bits per heavy atom. The van der Waals surface area contributed by atoms with Crippen LogP contribution in [0.1, 0.15) is 25.0 Å². The summed E-state index contributed by atoms with van der Waals surface area (Å²) >= 11 is 0. The molecule has 0 aliphatic carbocycles. The molecule has 0 fully saturated rings. The van der Waals surface area contributed by atoms with Gasteiger partial charge in [-0.05, 0) is 29.5 Å². The van der Waals surface area contributed by atoms with Gasteiger partial charge in [-0.1, -0.05) is 38.1 Å². The summed E-state index contributed by atoms with van der Waals surface area (Å²) in [5, 5.41) is 8.94. The van der Waals surface area contributed by atoms with E-state index in [0.717, 1.165) is 17.5 Å². The maximum absolute atomic E-state index is 11.4. The van der Waals surface area contributed by atoms with Gasteiger partial charge in [-0.2, -0.15) is 5.26 Å². The highest BCUT2D eigenvalue weighted by atomic mass is 16.5. The summed E-state index contributed by atoms with van der Waals surface area (Å²) in [5.41, 5.74) is 2.05. The van der Waals surface area contributed by atoms with E-state index < -0.39 is 5.97 Å². The zero-order valence-corrected chi connectivity index (χ0v) is 10.9. The SMILES string of the molecule is COC(=O)C(C#N)=Cc1ccccc1CC(C)C. The first-order valence-corrected chi connectivity index (χ1v) is 5.86. The van der Waals surface area contributed by atoms with Crippen molar-refractivity contribution >= 4 is 12.0 Å². The molecule has 0 spiro atoms. The molecule has 0 atom stereocenters. The molecule has 3 heteroatoms. The topological polar surface area (TPSA) is 50.1 Å². The van der Waals surface area contributed by atoms with E-state index in [1.54, 1.807) is 6.08 Å². The number of benzene rings is 1. The van der Waals surface area contributed by atoms with Crippen molar-refractivity contribution in [2.75, 3.05) is 7.11 Å². The Kier molecular flexibility index (Phi) is 5.13. The van der Waals surface area contributed by atoms with Gasteiger partial charge in [-0.3, -0.25) is 0 Å². The summed E-state index contributed by atoms with van der Waals surface area (Å²) in [4.78, 5) is 11.4. The molecule has 0 heterocycles. The predicted molar refractivity (Wildman–Crippen MR) is 70.6 cm³/mol. The fourth-order valence-electron chi connectivity index (χ4n) is 1.70. The molecule has 0 bridgehead atoms. The standard InChI is InChI=1S/C15H17NO2/c1-11(2)8-12-6-4-5-7-13(12)9-14(10-16)15(17)18-3/h4-7,9,11H,8H2,1-3H3. The molecule has 0 aliphatic rings. The van der Waals surface area contributed by atoms with Crippen LogP contribution in [0.3, 0.4) is 0 Å². The largest absolute Gasteiger partial charge is 0.465 e. The summed E-state index contributed by atoms with van der Waals surface area (Å²) < 4.78 is 4.57. The quantitative estimate of drug-likeness (QED) is 0.464. The second kappa shape index (κ2) is 6.61. The highest BCUT2D eigenvalue weighted by Crippen LogP contribution is 2.17. The third-order valence-corrected chi connectivity index (χ3v) is 2.51. The molecule has 0 radical (unpaired) electrons. The van der Waals surface area contributed by atoms with Crippen molar-refractivity contribution < 1.29 is 9.53 Å². The number of methoxy groups -OCH3 is 1. The average Bonchev–Trinajstić information content (AvgIpc) is 2.36. The van der Waals surface area contributed by atoms with E-state index in [9.17, 15) is 4.79 Å². The molecule has 0 saturated heterocycles. The lowest BCUT2D eigenvalue weighted by Gasteiger charge is -2.08. The number of esters is 1. The minimum Gasteiger partial charge on any atom is -0.465 e. The number of nitriles is 1. The molecule has 0 saturated carbocycles. The fraction of sp³-hybridized carbons (Fsp3) is 0.333. The normalized spacial score (nSPS) is 11.2.